The molecule has 2 amide bonds. The highest BCUT2D eigenvalue weighted by Gasteiger charge is 2.17. The number of furan rings is 1. The summed E-state index contributed by atoms with van der Waals surface area (Å²) in [6.45, 7) is 3.44. The summed E-state index contributed by atoms with van der Waals surface area (Å²) < 4.78 is 5.28. The largest absolute Gasteiger partial charge is 0.468 e. The van der Waals surface area contributed by atoms with Gasteiger partial charge in [0.05, 0.1) is 17.3 Å². The van der Waals surface area contributed by atoms with Crippen LogP contribution in [0, 0.1) is 0 Å². The van der Waals surface area contributed by atoms with E-state index in [2.05, 4.69) is 10.6 Å². The number of carbonyl (C=O) groups excluding carboxylic acids is 2. The van der Waals surface area contributed by atoms with Gasteiger partial charge < -0.3 is 15.1 Å². The number of amides is 2. The molecule has 0 aliphatic heterocycles. The molecular weight excluding hydrogens is 312 g/mol. The number of thioether (sulfide) groups is 1. The predicted octanol–water partition coefficient (Wildman–Crippen LogP) is 3.89. The third-order valence-electron chi connectivity index (χ3n) is 3.14. The Labute approximate surface area is 139 Å². The van der Waals surface area contributed by atoms with Gasteiger partial charge in [-0.2, -0.15) is 0 Å². The van der Waals surface area contributed by atoms with Crippen LogP contribution in [0.5, 0.6) is 0 Å². The monoisotopic (exact) mass is 332 g/mol. The SMILES string of the molecule is CCC(SCc1ccco1)C(=O)Nc1ccc(NC(C)=O)cc1. The molecule has 0 aliphatic carbocycles. The molecule has 6 heteroatoms. The van der Waals surface area contributed by atoms with Crippen molar-refractivity contribution in [2.24, 2.45) is 0 Å². The molecule has 5 nitrogen and oxygen atoms in total. The first-order valence-electron chi connectivity index (χ1n) is 7.41. The average molecular weight is 332 g/mol. The summed E-state index contributed by atoms with van der Waals surface area (Å²) in [5.74, 6) is 1.37. The molecular formula is C17H20N2O3S. The first kappa shape index (κ1) is 17.1. The number of anilines is 2. The normalized spacial score (nSPS) is 11.7. The van der Waals surface area contributed by atoms with Crippen LogP contribution in [0.25, 0.3) is 0 Å². The molecule has 0 aliphatic rings. The Morgan fingerprint density at radius 3 is 2.30 bits per heavy atom. The lowest BCUT2D eigenvalue weighted by atomic mass is 10.2. The highest BCUT2D eigenvalue weighted by Crippen LogP contribution is 2.22. The van der Waals surface area contributed by atoms with Gasteiger partial charge in [-0.25, -0.2) is 0 Å². The van der Waals surface area contributed by atoms with E-state index >= 15 is 0 Å². The van der Waals surface area contributed by atoms with Gasteiger partial charge in [0.1, 0.15) is 5.76 Å². The molecule has 0 fully saturated rings. The van der Waals surface area contributed by atoms with E-state index in [0.29, 0.717) is 17.1 Å². The minimum atomic E-state index is -0.143. The fourth-order valence-corrected chi connectivity index (χ4v) is 2.99. The quantitative estimate of drug-likeness (QED) is 0.807. The van der Waals surface area contributed by atoms with Crippen molar-refractivity contribution >= 4 is 35.0 Å². The Balaban J connectivity index is 1.89. The minimum Gasteiger partial charge on any atom is -0.468 e. The van der Waals surface area contributed by atoms with Crippen molar-refractivity contribution in [2.75, 3.05) is 10.6 Å². The third kappa shape index (κ3) is 5.49. The van der Waals surface area contributed by atoms with Crippen LogP contribution in [-0.4, -0.2) is 17.1 Å². The fourth-order valence-electron chi connectivity index (χ4n) is 2.02. The molecule has 2 N–H and O–H groups in total. The second-order valence-corrected chi connectivity index (χ2v) is 6.23. The summed E-state index contributed by atoms with van der Waals surface area (Å²) >= 11 is 1.56. The Bertz CT molecular complexity index is 638. The van der Waals surface area contributed by atoms with Crippen LogP contribution in [-0.2, 0) is 15.3 Å². The first-order chi connectivity index (χ1) is 11.1. The van der Waals surface area contributed by atoms with Crippen molar-refractivity contribution in [1.82, 2.24) is 0 Å². The predicted molar refractivity (Wildman–Crippen MR) is 93.5 cm³/mol. The van der Waals surface area contributed by atoms with Crippen LogP contribution in [0.2, 0.25) is 0 Å². The maximum absolute atomic E-state index is 12.3. The van der Waals surface area contributed by atoms with Crippen LogP contribution in [0.4, 0.5) is 11.4 Å². The number of rotatable bonds is 7. The number of benzene rings is 1. The number of nitrogens with one attached hydrogen (secondary N) is 2. The van der Waals surface area contributed by atoms with Gasteiger partial charge in [-0.05, 0) is 42.8 Å². The average Bonchev–Trinajstić information content (AvgIpc) is 3.03. The molecule has 1 heterocycles. The van der Waals surface area contributed by atoms with Gasteiger partial charge in [-0.1, -0.05) is 6.92 Å². The lowest BCUT2D eigenvalue weighted by molar-refractivity contribution is -0.116. The second kappa shape index (κ2) is 8.43. The smallest absolute Gasteiger partial charge is 0.237 e. The van der Waals surface area contributed by atoms with E-state index in [1.54, 1.807) is 42.3 Å². The fraction of sp³-hybridized carbons (Fsp3) is 0.294. The van der Waals surface area contributed by atoms with Gasteiger partial charge in [0.15, 0.2) is 0 Å². The zero-order valence-corrected chi connectivity index (χ0v) is 14.0. The van der Waals surface area contributed by atoms with E-state index < -0.39 is 0 Å². The Morgan fingerprint density at radius 1 is 1.13 bits per heavy atom. The molecule has 0 radical (unpaired) electrons. The number of hydrogen-bond acceptors (Lipinski definition) is 4. The van der Waals surface area contributed by atoms with Gasteiger partial charge in [0, 0.05) is 18.3 Å². The summed E-state index contributed by atoms with van der Waals surface area (Å²) in [4.78, 5) is 23.3. The van der Waals surface area contributed by atoms with Gasteiger partial charge >= 0.3 is 0 Å². The van der Waals surface area contributed by atoms with E-state index in [1.807, 2.05) is 19.1 Å². The van der Waals surface area contributed by atoms with Gasteiger partial charge in [0.25, 0.3) is 0 Å². The lowest BCUT2D eigenvalue weighted by Crippen LogP contribution is -2.24. The summed E-state index contributed by atoms with van der Waals surface area (Å²) in [5, 5.41) is 5.45. The molecule has 0 bridgehead atoms. The van der Waals surface area contributed by atoms with Crippen molar-refractivity contribution < 1.29 is 14.0 Å². The van der Waals surface area contributed by atoms with E-state index in [1.165, 1.54) is 6.92 Å². The molecule has 0 saturated heterocycles. The maximum atomic E-state index is 12.3. The highest BCUT2D eigenvalue weighted by atomic mass is 32.2. The van der Waals surface area contributed by atoms with Crippen molar-refractivity contribution in [3.8, 4) is 0 Å². The second-order valence-electron chi connectivity index (χ2n) is 5.04. The summed E-state index contributed by atoms with van der Waals surface area (Å²) in [7, 11) is 0. The van der Waals surface area contributed by atoms with Crippen LogP contribution in [0.3, 0.4) is 0 Å². The molecule has 0 spiro atoms. The summed E-state index contributed by atoms with van der Waals surface area (Å²) in [6, 6.07) is 10.8. The summed E-state index contributed by atoms with van der Waals surface area (Å²) in [5.41, 5.74) is 1.41. The van der Waals surface area contributed by atoms with Crippen LogP contribution >= 0.6 is 11.8 Å². The van der Waals surface area contributed by atoms with E-state index in [0.717, 1.165) is 12.2 Å². The third-order valence-corrected chi connectivity index (χ3v) is 4.54. The summed E-state index contributed by atoms with van der Waals surface area (Å²) in [6.07, 6.45) is 2.37. The van der Waals surface area contributed by atoms with Crippen LogP contribution in [0.1, 0.15) is 26.0 Å². The molecule has 122 valence electrons. The molecule has 23 heavy (non-hydrogen) atoms. The molecule has 1 atom stereocenters. The standard InChI is InChI=1S/C17H20N2O3S/c1-3-16(23-11-15-5-4-10-22-15)17(21)19-14-8-6-13(7-9-14)18-12(2)20/h4-10,16H,3,11H2,1-2H3,(H,18,20)(H,19,21). The Hall–Kier alpha value is -2.21. The molecule has 1 aromatic carbocycles. The van der Waals surface area contributed by atoms with Crippen molar-refractivity contribution in [2.45, 2.75) is 31.3 Å². The van der Waals surface area contributed by atoms with Crippen LogP contribution < -0.4 is 10.6 Å². The zero-order chi connectivity index (χ0) is 16.7. The molecule has 1 unspecified atom stereocenters. The molecule has 0 saturated carbocycles. The highest BCUT2D eigenvalue weighted by molar-refractivity contribution is 7.99. The molecule has 2 rings (SSSR count). The van der Waals surface area contributed by atoms with Gasteiger partial charge in [-0.3, -0.25) is 9.59 Å². The zero-order valence-electron chi connectivity index (χ0n) is 13.2. The lowest BCUT2D eigenvalue weighted by Gasteiger charge is -2.14. The number of carbonyl (C=O) groups is 2. The minimum absolute atomic E-state index is 0.0312. The van der Waals surface area contributed by atoms with Crippen molar-refractivity contribution in [3.63, 3.8) is 0 Å². The van der Waals surface area contributed by atoms with Crippen LogP contribution in [0.15, 0.2) is 47.1 Å². The first-order valence-corrected chi connectivity index (χ1v) is 8.46. The van der Waals surface area contributed by atoms with E-state index in [-0.39, 0.29) is 17.1 Å². The molecule has 1 aromatic heterocycles. The van der Waals surface area contributed by atoms with Gasteiger partial charge in [-0.15, -0.1) is 11.8 Å². The van der Waals surface area contributed by atoms with Crippen molar-refractivity contribution in [3.05, 3.63) is 48.4 Å². The van der Waals surface area contributed by atoms with E-state index in [4.69, 9.17) is 4.42 Å². The molecule has 2 aromatic rings. The maximum Gasteiger partial charge on any atom is 0.237 e. The van der Waals surface area contributed by atoms with Crippen molar-refractivity contribution in [1.29, 1.82) is 0 Å². The Morgan fingerprint density at radius 2 is 1.78 bits per heavy atom. The Kier molecular flexibility index (Phi) is 6.29. The topological polar surface area (TPSA) is 71.3 Å². The van der Waals surface area contributed by atoms with Gasteiger partial charge in [0.2, 0.25) is 11.8 Å². The number of hydrogen-bond donors (Lipinski definition) is 2. The van der Waals surface area contributed by atoms with E-state index in [9.17, 15) is 9.59 Å².